The minimum Gasteiger partial charge on any atom is -0.508 e. The highest BCUT2D eigenvalue weighted by atomic mass is 16.6. The first-order chi connectivity index (χ1) is 19.9. The second-order valence-electron chi connectivity index (χ2n) is 13.3. The number of nitrogens with one attached hydrogen (secondary N) is 1. The van der Waals surface area contributed by atoms with Crippen LogP contribution in [0.2, 0.25) is 0 Å². The molecule has 9 heteroatoms. The van der Waals surface area contributed by atoms with Gasteiger partial charge in [-0.2, -0.15) is 0 Å². The molecule has 0 aromatic heterocycles. The van der Waals surface area contributed by atoms with E-state index in [0.717, 1.165) is 56.2 Å². The number of aromatic hydroxyl groups is 1. The van der Waals surface area contributed by atoms with E-state index >= 15 is 0 Å². The molecule has 9 nitrogen and oxygen atoms in total. The number of aliphatic hydroxyl groups is 1. The zero-order chi connectivity index (χ0) is 30.3. The van der Waals surface area contributed by atoms with Crippen molar-refractivity contribution >= 4 is 23.4 Å². The van der Waals surface area contributed by atoms with Crippen LogP contribution in [0.25, 0.3) is 0 Å². The molecule has 3 fully saturated rings. The largest absolute Gasteiger partial charge is 0.508 e. The predicted molar refractivity (Wildman–Crippen MR) is 156 cm³/mol. The van der Waals surface area contributed by atoms with Crippen molar-refractivity contribution < 1.29 is 34.2 Å². The summed E-state index contributed by atoms with van der Waals surface area (Å²) in [6.45, 7) is 5.75. The number of fused-ring (bicyclic) bond motifs is 5. The lowest BCUT2D eigenvalue weighted by atomic mass is 9.46. The number of hydrogen-bond acceptors (Lipinski definition) is 8. The summed E-state index contributed by atoms with van der Waals surface area (Å²) in [5.74, 6) is 0.371. The summed E-state index contributed by atoms with van der Waals surface area (Å²) in [5.41, 5.74) is 1.47. The van der Waals surface area contributed by atoms with Gasteiger partial charge in [-0.05, 0) is 105 Å². The summed E-state index contributed by atoms with van der Waals surface area (Å²) in [5, 5.41) is 27.8. The Bertz CT molecular complexity index is 1290. The Hall–Kier alpha value is -3.20. The number of carbonyl (C=O) groups is 3. The molecule has 42 heavy (non-hydrogen) atoms. The Morgan fingerprint density at radius 1 is 1.05 bits per heavy atom. The zero-order valence-corrected chi connectivity index (χ0v) is 25.2. The van der Waals surface area contributed by atoms with Crippen LogP contribution in [0.1, 0.15) is 77.7 Å². The molecule has 0 spiro atoms. The minimum absolute atomic E-state index is 0.0551. The van der Waals surface area contributed by atoms with Crippen LogP contribution in [0.3, 0.4) is 0 Å². The van der Waals surface area contributed by atoms with E-state index in [2.05, 4.69) is 30.4 Å². The second kappa shape index (κ2) is 11.5. The van der Waals surface area contributed by atoms with Crippen LogP contribution in [0.4, 0.5) is 0 Å². The normalized spacial score (nSPS) is 35.2. The number of nitrogens with zero attached hydrogens (tertiary/aromatic N) is 1. The van der Waals surface area contributed by atoms with Crippen molar-refractivity contribution in [3.63, 3.8) is 0 Å². The van der Waals surface area contributed by atoms with Crippen LogP contribution >= 0.6 is 0 Å². The van der Waals surface area contributed by atoms with Gasteiger partial charge in [-0.25, -0.2) is 4.79 Å². The van der Waals surface area contributed by atoms with Crippen molar-refractivity contribution in [1.82, 2.24) is 5.32 Å². The lowest BCUT2D eigenvalue weighted by Crippen LogP contribution is -2.57. The number of amides is 1. The van der Waals surface area contributed by atoms with Gasteiger partial charge in [0, 0.05) is 11.8 Å². The average Bonchev–Trinajstić information content (AvgIpc) is 3.25. The number of ketones is 1. The van der Waals surface area contributed by atoms with Crippen molar-refractivity contribution in [3.05, 3.63) is 41.5 Å². The maximum Gasteiger partial charge on any atom is 0.328 e. The van der Waals surface area contributed by atoms with Gasteiger partial charge in [-0.1, -0.05) is 36.7 Å². The molecule has 0 unspecified atom stereocenters. The molecular formula is C33H44N2O7. The van der Waals surface area contributed by atoms with Gasteiger partial charge in [0.15, 0.2) is 12.4 Å². The number of Topliss-reactive ketones (excluding diaryl/α,β-unsaturated/α-hetero) is 1. The molecule has 0 aliphatic heterocycles. The van der Waals surface area contributed by atoms with Crippen LogP contribution in [-0.4, -0.2) is 58.9 Å². The number of methoxy groups -OCH3 is 1. The van der Waals surface area contributed by atoms with Crippen molar-refractivity contribution in [2.75, 3.05) is 13.7 Å². The summed E-state index contributed by atoms with van der Waals surface area (Å²) in [4.78, 5) is 42.8. The number of oxime groups is 1. The number of rotatable bonds is 8. The second-order valence-corrected chi connectivity index (χ2v) is 13.3. The lowest BCUT2D eigenvalue weighted by molar-refractivity contribution is -0.159. The van der Waals surface area contributed by atoms with Crippen LogP contribution in [0, 0.1) is 28.6 Å². The molecule has 1 aromatic carbocycles. The quantitative estimate of drug-likeness (QED) is 0.309. The first-order valence-electron chi connectivity index (χ1n) is 15.2. The molecule has 0 bridgehead atoms. The van der Waals surface area contributed by atoms with E-state index in [-0.39, 0.29) is 35.4 Å². The summed E-state index contributed by atoms with van der Waals surface area (Å²) in [6, 6.07) is 5.52. The van der Waals surface area contributed by atoms with Crippen molar-refractivity contribution in [2.45, 2.75) is 90.2 Å². The molecule has 3 saturated carbocycles. The smallest absolute Gasteiger partial charge is 0.328 e. The van der Waals surface area contributed by atoms with Crippen LogP contribution in [0.5, 0.6) is 5.75 Å². The predicted octanol–water partition coefficient (Wildman–Crippen LogP) is 4.25. The summed E-state index contributed by atoms with van der Waals surface area (Å²) < 4.78 is 4.85. The number of phenols is 1. The molecule has 1 aromatic rings. The van der Waals surface area contributed by atoms with Gasteiger partial charge < -0.3 is 25.1 Å². The first kappa shape index (κ1) is 30.3. The first-order valence-corrected chi connectivity index (χ1v) is 15.2. The number of allylic oxidation sites excluding steroid dienone is 2. The third-order valence-corrected chi connectivity index (χ3v) is 11.3. The standard InChI is InChI=1S/C33H44N2O7/c1-20(36)33(40)16-13-27-25-10-7-22-18-23(11-14-31(22,2)26(25)12-15-32(27,33)3)35-42-19-29(38)34-28(30(39)41-4)17-21-5-8-24(37)9-6-21/h5-6,8-9,18,25-28,37,40H,7,10-17,19H2,1-4H3,(H,34,38)/b35-23+/t25-,26+,27+,28-,31+,32+,33+/m1/s1. The van der Waals surface area contributed by atoms with Crippen molar-refractivity contribution in [2.24, 2.45) is 33.7 Å². The fourth-order valence-electron chi connectivity index (χ4n) is 8.85. The van der Waals surface area contributed by atoms with Gasteiger partial charge in [-0.15, -0.1) is 0 Å². The highest BCUT2D eigenvalue weighted by Gasteiger charge is 2.65. The number of benzene rings is 1. The molecule has 3 N–H and O–H groups in total. The molecule has 7 atom stereocenters. The van der Waals surface area contributed by atoms with Gasteiger partial charge in [0.1, 0.15) is 17.4 Å². The molecule has 4 aliphatic rings. The Labute approximate surface area is 247 Å². The molecule has 228 valence electrons. The topological polar surface area (TPSA) is 135 Å². The highest BCUT2D eigenvalue weighted by molar-refractivity contribution is 5.96. The van der Waals surface area contributed by atoms with Gasteiger partial charge in [-0.3, -0.25) is 9.59 Å². The zero-order valence-electron chi connectivity index (χ0n) is 25.2. The molecule has 0 radical (unpaired) electrons. The molecule has 4 aliphatic carbocycles. The number of carbonyl (C=O) groups excluding carboxylic acids is 3. The van der Waals surface area contributed by atoms with Crippen LogP contribution in [-0.2, 0) is 30.4 Å². The molecule has 1 amide bonds. The number of phenolic OH excluding ortho intramolecular Hbond substituents is 1. The van der Waals surface area contributed by atoms with E-state index in [9.17, 15) is 24.6 Å². The van der Waals surface area contributed by atoms with E-state index in [4.69, 9.17) is 9.57 Å². The van der Waals surface area contributed by atoms with Gasteiger partial charge in [0.2, 0.25) is 0 Å². The van der Waals surface area contributed by atoms with Crippen LogP contribution in [0.15, 0.2) is 41.1 Å². The Kier molecular flexibility index (Phi) is 8.27. The molecule has 0 heterocycles. The summed E-state index contributed by atoms with van der Waals surface area (Å²) in [7, 11) is 1.27. The van der Waals surface area contributed by atoms with E-state index in [1.165, 1.54) is 24.8 Å². The van der Waals surface area contributed by atoms with E-state index in [0.29, 0.717) is 24.2 Å². The molecular weight excluding hydrogens is 536 g/mol. The number of ether oxygens (including phenoxy) is 1. The van der Waals surface area contributed by atoms with Gasteiger partial charge in [0.05, 0.1) is 12.8 Å². The summed E-state index contributed by atoms with van der Waals surface area (Å²) in [6.07, 6.45) is 9.44. The fourth-order valence-corrected chi connectivity index (χ4v) is 8.85. The Balaban J connectivity index is 1.20. The fraction of sp³-hybridized carbons (Fsp3) is 0.636. The van der Waals surface area contributed by atoms with Crippen LogP contribution < -0.4 is 5.32 Å². The van der Waals surface area contributed by atoms with Gasteiger partial charge >= 0.3 is 5.97 Å². The third-order valence-electron chi connectivity index (χ3n) is 11.3. The Morgan fingerprint density at radius 2 is 1.76 bits per heavy atom. The van der Waals surface area contributed by atoms with Crippen molar-refractivity contribution in [3.8, 4) is 5.75 Å². The molecule has 5 rings (SSSR count). The maximum absolute atomic E-state index is 12.6. The van der Waals surface area contributed by atoms with E-state index in [1.807, 2.05) is 0 Å². The SMILES string of the molecule is COC(=O)[C@@H](Cc1ccc(O)cc1)NC(=O)CO/N=C1/C=C2CC[C@@H]3[C@H](CC[C@@]4(C)[C@H]3CC[C@]4(O)C(C)=O)[C@@]2(C)CC1. The summed E-state index contributed by atoms with van der Waals surface area (Å²) >= 11 is 0. The number of esters is 1. The van der Waals surface area contributed by atoms with E-state index in [1.54, 1.807) is 19.1 Å². The Morgan fingerprint density at radius 3 is 2.45 bits per heavy atom. The van der Waals surface area contributed by atoms with Gasteiger partial charge in [0.25, 0.3) is 5.91 Å². The van der Waals surface area contributed by atoms with E-state index < -0.39 is 23.5 Å². The lowest BCUT2D eigenvalue weighted by Gasteiger charge is -2.59. The molecule has 0 saturated heterocycles. The maximum atomic E-state index is 12.6. The third kappa shape index (κ3) is 5.25. The van der Waals surface area contributed by atoms with Crippen molar-refractivity contribution in [1.29, 1.82) is 0 Å². The number of hydrogen-bond donors (Lipinski definition) is 3. The highest BCUT2D eigenvalue weighted by Crippen LogP contribution is 2.67. The average molecular weight is 581 g/mol. The monoisotopic (exact) mass is 580 g/mol. The minimum atomic E-state index is -1.20.